The first-order valence-corrected chi connectivity index (χ1v) is 8.28. The van der Waals surface area contributed by atoms with E-state index < -0.39 is 4.92 Å². The molecule has 0 aromatic heterocycles. The highest BCUT2D eigenvalue weighted by Gasteiger charge is 2.22. The number of piperazine rings is 1. The average molecular weight is 356 g/mol. The van der Waals surface area contributed by atoms with Gasteiger partial charge in [-0.15, -0.1) is 0 Å². The first-order chi connectivity index (χ1) is 12.6. The normalized spacial score (nSPS) is 14.0. The first kappa shape index (κ1) is 17.7. The fraction of sp³-hybridized carbons (Fsp3) is 0.278. The van der Waals surface area contributed by atoms with Crippen molar-refractivity contribution in [1.29, 1.82) is 0 Å². The van der Waals surface area contributed by atoms with Crippen LogP contribution in [0.5, 0.6) is 5.75 Å². The average Bonchev–Trinajstić information content (AvgIpc) is 2.68. The third kappa shape index (κ3) is 3.75. The minimum atomic E-state index is -0.421. The second-order valence-electron chi connectivity index (χ2n) is 5.85. The molecule has 26 heavy (non-hydrogen) atoms. The summed E-state index contributed by atoms with van der Waals surface area (Å²) < 4.78 is 5.18. The number of anilines is 2. The molecule has 1 fully saturated rings. The second kappa shape index (κ2) is 7.83. The Hall–Kier alpha value is -3.13. The number of hydrogen-bond acceptors (Lipinski definition) is 6. The maximum Gasteiger partial charge on any atom is 0.294 e. The van der Waals surface area contributed by atoms with Crippen LogP contribution in [0.25, 0.3) is 0 Å². The van der Waals surface area contributed by atoms with Gasteiger partial charge in [-0.2, -0.15) is 0 Å². The number of nitrogens with zero attached hydrogens (tertiary/aromatic N) is 2. The molecular formula is C18H20N4O4. The zero-order chi connectivity index (χ0) is 18.5. The summed E-state index contributed by atoms with van der Waals surface area (Å²) in [5.41, 5.74) is 1.27. The van der Waals surface area contributed by atoms with Crippen molar-refractivity contribution in [1.82, 2.24) is 5.32 Å². The summed E-state index contributed by atoms with van der Waals surface area (Å²) in [7, 11) is 1.49. The summed E-state index contributed by atoms with van der Waals surface area (Å²) in [4.78, 5) is 25.5. The predicted octanol–water partition coefficient (Wildman–Crippen LogP) is 2.27. The Labute approximate surface area is 150 Å². The molecule has 1 aliphatic heterocycles. The van der Waals surface area contributed by atoms with Crippen molar-refractivity contribution >= 4 is 23.0 Å². The molecule has 0 atom stereocenters. The van der Waals surface area contributed by atoms with Gasteiger partial charge < -0.3 is 20.3 Å². The van der Waals surface area contributed by atoms with Crippen molar-refractivity contribution in [2.75, 3.05) is 43.5 Å². The molecule has 0 aliphatic carbocycles. The summed E-state index contributed by atoms with van der Waals surface area (Å²) >= 11 is 0. The molecule has 1 saturated heterocycles. The maximum absolute atomic E-state index is 12.5. The van der Waals surface area contributed by atoms with Crippen LogP contribution < -0.4 is 20.3 Å². The highest BCUT2D eigenvalue weighted by Crippen LogP contribution is 2.32. The van der Waals surface area contributed by atoms with E-state index >= 15 is 0 Å². The standard InChI is InChI=1S/C18H20N4O4/c1-26-17-5-3-2-4-14(17)18(23)20-13-6-7-15(16(12-13)22(24)25)21-10-8-19-9-11-21/h2-7,12,19H,8-11H2,1H3,(H,20,23). The lowest BCUT2D eigenvalue weighted by Gasteiger charge is -2.29. The van der Waals surface area contributed by atoms with E-state index in [0.29, 0.717) is 35.8 Å². The van der Waals surface area contributed by atoms with Crippen molar-refractivity contribution in [3.05, 3.63) is 58.1 Å². The van der Waals surface area contributed by atoms with E-state index in [-0.39, 0.29) is 11.6 Å². The number of hydrogen-bond donors (Lipinski definition) is 2. The quantitative estimate of drug-likeness (QED) is 0.630. The minimum Gasteiger partial charge on any atom is -0.496 e. The van der Waals surface area contributed by atoms with Gasteiger partial charge in [0.05, 0.1) is 17.6 Å². The van der Waals surface area contributed by atoms with Gasteiger partial charge in [0.1, 0.15) is 11.4 Å². The van der Waals surface area contributed by atoms with Crippen LogP contribution in [-0.4, -0.2) is 44.1 Å². The lowest BCUT2D eigenvalue weighted by Crippen LogP contribution is -2.43. The van der Waals surface area contributed by atoms with Crippen LogP contribution in [0.2, 0.25) is 0 Å². The SMILES string of the molecule is COc1ccccc1C(=O)Nc1ccc(N2CCNCC2)c([N+](=O)[O-])c1. The van der Waals surface area contributed by atoms with Crippen molar-refractivity contribution in [2.45, 2.75) is 0 Å². The van der Waals surface area contributed by atoms with Crippen molar-refractivity contribution in [3.63, 3.8) is 0 Å². The van der Waals surface area contributed by atoms with Gasteiger partial charge in [0.25, 0.3) is 11.6 Å². The van der Waals surface area contributed by atoms with E-state index in [1.165, 1.54) is 13.2 Å². The van der Waals surface area contributed by atoms with Gasteiger partial charge in [0.15, 0.2) is 0 Å². The van der Waals surface area contributed by atoms with Crippen LogP contribution in [0.1, 0.15) is 10.4 Å². The number of carbonyl (C=O) groups excluding carboxylic acids is 1. The number of nitrogens with one attached hydrogen (secondary N) is 2. The zero-order valence-corrected chi connectivity index (χ0v) is 14.4. The Balaban J connectivity index is 1.85. The molecule has 3 rings (SSSR count). The topological polar surface area (TPSA) is 96.7 Å². The highest BCUT2D eigenvalue weighted by atomic mass is 16.6. The number of nitro groups is 1. The summed E-state index contributed by atoms with van der Waals surface area (Å²) in [6, 6.07) is 11.6. The lowest BCUT2D eigenvalue weighted by molar-refractivity contribution is -0.384. The van der Waals surface area contributed by atoms with E-state index in [0.717, 1.165) is 13.1 Å². The van der Waals surface area contributed by atoms with Gasteiger partial charge in [0.2, 0.25) is 0 Å². The van der Waals surface area contributed by atoms with Crippen molar-refractivity contribution < 1.29 is 14.5 Å². The van der Waals surface area contributed by atoms with E-state index in [9.17, 15) is 14.9 Å². The Morgan fingerprint density at radius 1 is 1.23 bits per heavy atom. The Bertz CT molecular complexity index is 819. The molecule has 2 N–H and O–H groups in total. The molecule has 136 valence electrons. The molecule has 1 aliphatic rings. The molecule has 2 aromatic carbocycles. The van der Waals surface area contributed by atoms with Crippen LogP contribution in [0, 0.1) is 10.1 Å². The van der Waals surface area contributed by atoms with Crippen molar-refractivity contribution in [3.8, 4) is 5.75 Å². The fourth-order valence-electron chi connectivity index (χ4n) is 2.95. The molecule has 1 amide bonds. The molecule has 8 heteroatoms. The number of methoxy groups -OCH3 is 1. The van der Waals surface area contributed by atoms with E-state index in [4.69, 9.17) is 4.74 Å². The summed E-state index contributed by atoms with van der Waals surface area (Å²) in [6.07, 6.45) is 0. The number of para-hydroxylation sites is 1. The number of carbonyl (C=O) groups is 1. The molecular weight excluding hydrogens is 336 g/mol. The molecule has 0 saturated carbocycles. The smallest absolute Gasteiger partial charge is 0.294 e. The highest BCUT2D eigenvalue weighted by molar-refractivity contribution is 6.06. The minimum absolute atomic E-state index is 0.0234. The van der Waals surface area contributed by atoms with E-state index in [2.05, 4.69) is 10.6 Å². The molecule has 8 nitrogen and oxygen atoms in total. The van der Waals surface area contributed by atoms with Gasteiger partial charge in [-0.05, 0) is 24.3 Å². The maximum atomic E-state index is 12.5. The fourth-order valence-corrected chi connectivity index (χ4v) is 2.95. The van der Waals surface area contributed by atoms with Crippen molar-refractivity contribution in [2.24, 2.45) is 0 Å². The monoisotopic (exact) mass is 356 g/mol. The molecule has 0 spiro atoms. The number of ether oxygens (including phenoxy) is 1. The summed E-state index contributed by atoms with van der Waals surface area (Å²) in [5.74, 6) is 0.0589. The van der Waals surface area contributed by atoms with Gasteiger partial charge in [0, 0.05) is 37.9 Å². The molecule has 0 radical (unpaired) electrons. The third-order valence-electron chi connectivity index (χ3n) is 4.24. The van der Waals surface area contributed by atoms with Crippen LogP contribution in [-0.2, 0) is 0 Å². The van der Waals surface area contributed by atoms with Crippen LogP contribution in [0.3, 0.4) is 0 Å². The first-order valence-electron chi connectivity index (χ1n) is 8.28. The molecule has 1 heterocycles. The number of rotatable bonds is 5. The Morgan fingerprint density at radius 3 is 2.65 bits per heavy atom. The van der Waals surface area contributed by atoms with Gasteiger partial charge in [-0.25, -0.2) is 0 Å². The predicted molar refractivity (Wildman–Crippen MR) is 99.1 cm³/mol. The third-order valence-corrected chi connectivity index (χ3v) is 4.24. The Kier molecular flexibility index (Phi) is 5.33. The van der Waals surface area contributed by atoms with Crippen LogP contribution >= 0.6 is 0 Å². The van der Waals surface area contributed by atoms with E-state index in [1.54, 1.807) is 36.4 Å². The second-order valence-corrected chi connectivity index (χ2v) is 5.85. The van der Waals surface area contributed by atoms with Gasteiger partial charge in [-0.1, -0.05) is 12.1 Å². The summed E-state index contributed by atoms with van der Waals surface area (Å²) in [6.45, 7) is 2.97. The van der Waals surface area contributed by atoms with Crippen LogP contribution in [0.15, 0.2) is 42.5 Å². The van der Waals surface area contributed by atoms with E-state index in [1.807, 2.05) is 4.90 Å². The van der Waals surface area contributed by atoms with Gasteiger partial charge >= 0.3 is 0 Å². The Morgan fingerprint density at radius 2 is 1.96 bits per heavy atom. The number of amides is 1. The molecule has 0 unspecified atom stereocenters. The summed E-state index contributed by atoms with van der Waals surface area (Å²) in [5, 5.41) is 17.4. The number of benzene rings is 2. The molecule has 0 bridgehead atoms. The van der Waals surface area contributed by atoms with Gasteiger partial charge in [-0.3, -0.25) is 14.9 Å². The van der Waals surface area contributed by atoms with Crippen LogP contribution in [0.4, 0.5) is 17.1 Å². The molecule has 2 aromatic rings. The largest absolute Gasteiger partial charge is 0.496 e. The zero-order valence-electron chi connectivity index (χ0n) is 14.4. The lowest BCUT2D eigenvalue weighted by atomic mass is 10.1. The number of nitro benzene ring substituents is 1.